The first-order valence-corrected chi connectivity index (χ1v) is 14.0. The molecule has 2 aliphatic carbocycles. The van der Waals surface area contributed by atoms with E-state index in [9.17, 15) is 9.59 Å². The fraction of sp³-hybridized carbons (Fsp3) is 0.600. The molecule has 7 heteroatoms. The third-order valence-electron chi connectivity index (χ3n) is 7.92. The predicted molar refractivity (Wildman–Crippen MR) is 145 cm³/mol. The van der Waals surface area contributed by atoms with Crippen molar-refractivity contribution in [3.8, 4) is 0 Å². The molecule has 1 amide bonds. The van der Waals surface area contributed by atoms with Crippen molar-refractivity contribution in [2.75, 3.05) is 45.9 Å². The SMILES string of the molecule is CCCOC(=O)CCN1CCN(C2=CC3CC(=C2)[C@H](C)C[C@H]3CCNC(=O)OCc2ccccc2)CC1. The van der Waals surface area contributed by atoms with Crippen molar-refractivity contribution in [2.24, 2.45) is 17.8 Å². The number of nitrogens with one attached hydrogen (secondary N) is 1. The number of alkyl carbamates (subject to hydrolysis) is 1. The number of ether oxygens (including phenoxy) is 2. The highest BCUT2D eigenvalue weighted by Gasteiger charge is 2.34. The largest absolute Gasteiger partial charge is 0.466 e. The van der Waals surface area contributed by atoms with Gasteiger partial charge in [0, 0.05) is 45.0 Å². The van der Waals surface area contributed by atoms with Gasteiger partial charge in [-0.2, -0.15) is 0 Å². The van der Waals surface area contributed by atoms with Gasteiger partial charge in [-0.05, 0) is 55.1 Å². The van der Waals surface area contributed by atoms with Gasteiger partial charge in [0.25, 0.3) is 0 Å². The molecule has 1 N–H and O–H groups in total. The molecular formula is C30H43N3O4. The third kappa shape index (κ3) is 8.09. The highest BCUT2D eigenvalue weighted by atomic mass is 16.5. The molecule has 1 saturated heterocycles. The second kappa shape index (κ2) is 13.7. The first kappa shape index (κ1) is 27.2. The van der Waals surface area contributed by atoms with Crippen LogP contribution in [0.5, 0.6) is 0 Å². The van der Waals surface area contributed by atoms with Crippen LogP contribution in [0.25, 0.3) is 0 Å². The Bertz CT molecular complexity index is 953. The van der Waals surface area contributed by atoms with Gasteiger partial charge in [0.2, 0.25) is 0 Å². The maximum atomic E-state index is 12.2. The first-order valence-electron chi connectivity index (χ1n) is 14.0. The lowest BCUT2D eigenvalue weighted by Crippen LogP contribution is -2.46. The summed E-state index contributed by atoms with van der Waals surface area (Å²) in [5, 5.41) is 2.95. The third-order valence-corrected chi connectivity index (χ3v) is 7.92. The Morgan fingerprint density at radius 2 is 1.86 bits per heavy atom. The lowest BCUT2D eigenvalue weighted by atomic mass is 9.68. The van der Waals surface area contributed by atoms with E-state index in [-0.39, 0.29) is 12.1 Å². The van der Waals surface area contributed by atoms with E-state index >= 15 is 0 Å². The summed E-state index contributed by atoms with van der Waals surface area (Å²) in [5.41, 5.74) is 3.92. The summed E-state index contributed by atoms with van der Waals surface area (Å²) in [6.07, 6.45) is 9.17. The van der Waals surface area contributed by atoms with Gasteiger partial charge in [0.05, 0.1) is 13.0 Å². The minimum atomic E-state index is -0.343. The smallest absolute Gasteiger partial charge is 0.407 e. The number of rotatable bonds is 11. The fourth-order valence-corrected chi connectivity index (χ4v) is 5.70. The van der Waals surface area contributed by atoms with Crippen molar-refractivity contribution in [1.82, 2.24) is 15.1 Å². The Balaban J connectivity index is 1.21. The Morgan fingerprint density at radius 3 is 2.62 bits per heavy atom. The molecule has 7 nitrogen and oxygen atoms in total. The number of hydrogen-bond donors (Lipinski definition) is 1. The van der Waals surface area contributed by atoms with Crippen LogP contribution in [-0.4, -0.2) is 67.7 Å². The zero-order valence-electron chi connectivity index (χ0n) is 22.5. The number of allylic oxidation sites excluding steroid dienone is 3. The number of nitrogens with zero attached hydrogens (tertiary/aromatic N) is 2. The van der Waals surface area contributed by atoms with E-state index in [2.05, 4.69) is 34.2 Å². The van der Waals surface area contributed by atoms with E-state index in [0.717, 1.165) is 57.5 Å². The number of piperazine rings is 1. The molecule has 0 spiro atoms. The second-order valence-electron chi connectivity index (χ2n) is 10.7. The molecule has 1 saturated carbocycles. The number of benzene rings is 1. The van der Waals surface area contributed by atoms with E-state index < -0.39 is 0 Å². The zero-order valence-corrected chi connectivity index (χ0v) is 22.5. The highest BCUT2D eigenvalue weighted by molar-refractivity contribution is 5.69. The maximum absolute atomic E-state index is 12.2. The van der Waals surface area contributed by atoms with E-state index in [1.807, 2.05) is 37.3 Å². The van der Waals surface area contributed by atoms with Crippen LogP contribution in [0, 0.1) is 17.8 Å². The molecule has 1 aromatic carbocycles. The minimum Gasteiger partial charge on any atom is -0.466 e. The molecule has 1 aromatic rings. The van der Waals surface area contributed by atoms with Gasteiger partial charge in [-0.15, -0.1) is 0 Å². The summed E-state index contributed by atoms with van der Waals surface area (Å²) in [5.74, 6) is 1.58. The molecule has 2 fully saturated rings. The van der Waals surface area contributed by atoms with Gasteiger partial charge < -0.3 is 19.7 Å². The van der Waals surface area contributed by atoms with Crippen LogP contribution in [0.15, 0.2) is 53.8 Å². The lowest BCUT2D eigenvalue weighted by Gasteiger charge is -2.42. The molecule has 1 aliphatic heterocycles. The average molecular weight is 510 g/mol. The number of amides is 1. The molecule has 4 rings (SSSR count). The number of carbonyl (C=O) groups excluding carboxylic acids is 2. The normalized spacial score (nSPS) is 23.6. The summed E-state index contributed by atoms with van der Waals surface area (Å²) in [6.45, 7) is 10.5. The van der Waals surface area contributed by atoms with Crippen LogP contribution in [0.2, 0.25) is 0 Å². The Hall–Kier alpha value is -2.80. The van der Waals surface area contributed by atoms with E-state index in [4.69, 9.17) is 9.47 Å². The average Bonchev–Trinajstić information content (AvgIpc) is 2.93. The molecule has 3 atom stereocenters. The summed E-state index contributed by atoms with van der Waals surface area (Å²) in [7, 11) is 0. The lowest BCUT2D eigenvalue weighted by molar-refractivity contribution is -0.144. The number of hydrogen-bond acceptors (Lipinski definition) is 6. The number of fused-ring (bicyclic) bond motifs is 2. The Labute approximate surface area is 221 Å². The van der Waals surface area contributed by atoms with Crippen molar-refractivity contribution in [3.05, 3.63) is 59.3 Å². The standard InChI is InChI=1S/C30H43N3O4/c1-3-17-36-29(34)10-12-32-13-15-33(16-14-32)28-20-26-19-27(21-28)25(18-23(26)2)9-11-31-30(35)37-22-24-7-5-4-6-8-24/h4-8,20-21,23,25,27H,3,9-19,22H2,1-2H3,(H,31,35)/t23-,25-,27?/m1/s1. The molecule has 37 heavy (non-hydrogen) atoms. The van der Waals surface area contributed by atoms with Gasteiger partial charge in [0.1, 0.15) is 6.61 Å². The van der Waals surface area contributed by atoms with Crippen molar-refractivity contribution in [1.29, 1.82) is 0 Å². The molecule has 0 radical (unpaired) electrons. The van der Waals surface area contributed by atoms with E-state index in [1.165, 1.54) is 12.1 Å². The Kier molecular flexibility index (Phi) is 10.1. The minimum absolute atomic E-state index is 0.0872. The van der Waals surface area contributed by atoms with Crippen molar-refractivity contribution in [3.63, 3.8) is 0 Å². The molecule has 1 unspecified atom stereocenters. The highest BCUT2D eigenvalue weighted by Crippen LogP contribution is 2.43. The molecule has 2 bridgehead atoms. The van der Waals surface area contributed by atoms with Crippen molar-refractivity contribution < 1.29 is 19.1 Å². The molecular weight excluding hydrogens is 466 g/mol. The molecule has 202 valence electrons. The van der Waals surface area contributed by atoms with Gasteiger partial charge in [0.15, 0.2) is 0 Å². The first-order chi connectivity index (χ1) is 18.0. The van der Waals surface area contributed by atoms with Gasteiger partial charge in [-0.25, -0.2) is 4.79 Å². The zero-order chi connectivity index (χ0) is 26.0. The van der Waals surface area contributed by atoms with Crippen molar-refractivity contribution in [2.45, 2.75) is 52.6 Å². The quantitative estimate of drug-likeness (QED) is 0.434. The molecule has 0 aromatic heterocycles. The maximum Gasteiger partial charge on any atom is 0.407 e. The summed E-state index contributed by atoms with van der Waals surface area (Å²) < 4.78 is 10.6. The van der Waals surface area contributed by atoms with E-state index in [0.29, 0.717) is 43.9 Å². The van der Waals surface area contributed by atoms with Gasteiger partial charge >= 0.3 is 12.1 Å². The van der Waals surface area contributed by atoms with Crippen molar-refractivity contribution >= 4 is 12.1 Å². The molecule has 1 heterocycles. The van der Waals surface area contributed by atoms with Crippen LogP contribution >= 0.6 is 0 Å². The van der Waals surface area contributed by atoms with Crippen LogP contribution in [0.4, 0.5) is 4.79 Å². The van der Waals surface area contributed by atoms with Crippen LogP contribution in [0.3, 0.4) is 0 Å². The molecule has 3 aliphatic rings. The Morgan fingerprint density at radius 1 is 1.08 bits per heavy atom. The fourth-order valence-electron chi connectivity index (χ4n) is 5.70. The monoisotopic (exact) mass is 509 g/mol. The summed E-state index contributed by atoms with van der Waals surface area (Å²) in [6, 6.07) is 9.76. The van der Waals surface area contributed by atoms with Crippen LogP contribution in [-0.2, 0) is 20.9 Å². The topological polar surface area (TPSA) is 71.1 Å². The van der Waals surface area contributed by atoms with E-state index in [1.54, 1.807) is 5.57 Å². The van der Waals surface area contributed by atoms with Gasteiger partial charge in [-0.3, -0.25) is 9.69 Å². The summed E-state index contributed by atoms with van der Waals surface area (Å²) >= 11 is 0. The van der Waals surface area contributed by atoms with Crippen LogP contribution < -0.4 is 5.32 Å². The number of carbonyl (C=O) groups is 2. The predicted octanol–water partition coefficient (Wildman–Crippen LogP) is 4.75. The summed E-state index contributed by atoms with van der Waals surface area (Å²) in [4.78, 5) is 28.9. The van der Waals surface area contributed by atoms with Crippen LogP contribution in [0.1, 0.15) is 51.5 Å². The van der Waals surface area contributed by atoms with Gasteiger partial charge in [-0.1, -0.05) is 55.8 Å². The second-order valence-corrected chi connectivity index (χ2v) is 10.7. The number of esters is 1.